The number of H-pyrrole nitrogens is 1. The molecule has 3 aromatic rings. The van der Waals surface area contributed by atoms with E-state index in [0.717, 1.165) is 68.3 Å². The Balaban J connectivity index is 0.00000304. The molecule has 2 atom stereocenters. The number of hydrogen-bond donors (Lipinski definition) is 3. The number of hydrogen-bond acceptors (Lipinski definition) is 5. The standard InChI is InChI=1S/C26H32ClN5O2S.ClH/c1-2-3-11-32-12-10-21-23(15-32)35-26(31-21)25(34)30-20-7-5-4-6-19(20)29-24(33)22-14-16-13-17(27)8-9-18(16)28-22;/h8-9,13-14,19-20,28H,2-7,10-12,15H2,1H3,(H,29,33)(H,30,34);1H/t19-,20+;/m0./s1. The lowest BCUT2D eigenvalue weighted by molar-refractivity contribution is 0.0860. The third-order valence-electron chi connectivity index (χ3n) is 7.06. The lowest BCUT2D eigenvalue weighted by atomic mass is 9.90. The predicted octanol–water partition coefficient (Wildman–Crippen LogP) is 5.33. The third-order valence-corrected chi connectivity index (χ3v) is 8.38. The minimum Gasteiger partial charge on any atom is -0.351 e. The minimum absolute atomic E-state index is 0. The van der Waals surface area contributed by atoms with Gasteiger partial charge in [-0.1, -0.05) is 37.8 Å². The molecule has 0 unspecified atom stereocenters. The Morgan fingerprint density at radius 2 is 1.92 bits per heavy atom. The molecule has 36 heavy (non-hydrogen) atoms. The molecular weight excluding hydrogens is 517 g/mol. The molecule has 0 bridgehead atoms. The summed E-state index contributed by atoms with van der Waals surface area (Å²) in [5.41, 5.74) is 2.44. The zero-order chi connectivity index (χ0) is 24.4. The molecular formula is C26H33Cl2N5O2S. The van der Waals surface area contributed by atoms with E-state index in [4.69, 9.17) is 11.6 Å². The Labute approximate surface area is 226 Å². The second-order valence-corrected chi connectivity index (χ2v) is 11.1. The lowest BCUT2D eigenvalue weighted by Crippen LogP contribution is -2.53. The molecule has 2 aliphatic rings. The van der Waals surface area contributed by atoms with E-state index in [-0.39, 0.29) is 36.3 Å². The van der Waals surface area contributed by atoms with Crippen molar-refractivity contribution < 1.29 is 9.59 Å². The maximum Gasteiger partial charge on any atom is 0.280 e. The first-order valence-electron chi connectivity index (χ1n) is 12.6. The van der Waals surface area contributed by atoms with Gasteiger partial charge in [0.1, 0.15) is 5.69 Å². The number of rotatable bonds is 7. The van der Waals surface area contributed by atoms with Crippen molar-refractivity contribution >= 4 is 58.1 Å². The van der Waals surface area contributed by atoms with E-state index in [1.165, 1.54) is 29.1 Å². The Hall–Kier alpha value is -2.13. The van der Waals surface area contributed by atoms with Crippen LogP contribution in [0.1, 0.15) is 76.3 Å². The molecule has 0 saturated heterocycles. The molecule has 2 amide bonds. The summed E-state index contributed by atoms with van der Waals surface area (Å²) >= 11 is 7.60. The van der Waals surface area contributed by atoms with Crippen molar-refractivity contribution in [3.8, 4) is 0 Å². The van der Waals surface area contributed by atoms with E-state index >= 15 is 0 Å². The van der Waals surface area contributed by atoms with Crippen LogP contribution in [-0.4, -0.2) is 51.9 Å². The second kappa shape index (κ2) is 11.9. The SMILES string of the molecule is CCCCN1CCc2nc(C(=O)N[C@@H]3CCCC[C@@H]3NC(=O)c3cc4cc(Cl)ccc4[nH]3)sc2C1.Cl. The maximum atomic E-state index is 13.1. The van der Waals surface area contributed by atoms with Crippen LogP contribution in [0.25, 0.3) is 10.9 Å². The summed E-state index contributed by atoms with van der Waals surface area (Å²) < 4.78 is 0. The molecule has 0 radical (unpaired) electrons. The number of unbranched alkanes of at least 4 members (excludes halogenated alkanes) is 1. The molecule has 1 fully saturated rings. The highest BCUT2D eigenvalue weighted by molar-refractivity contribution is 7.13. The monoisotopic (exact) mass is 549 g/mol. The fourth-order valence-corrected chi connectivity index (χ4v) is 6.33. The number of nitrogens with zero attached hydrogens (tertiary/aromatic N) is 2. The van der Waals surface area contributed by atoms with E-state index in [2.05, 4.69) is 32.4 Å². The average Bonchev–Trinajstić information content (AvgIpc) is 3.47. The highest BCUT2D eigenvalue weighted by Gasteiger charge is 2.30. The molecule has 3 heterocycles. The highest BCUT2D eigenvalue weighted by atomic mass is 35.5. The predicted molar refractivity (Wildman–Crippen MR) is 148 cm³/mol. The Morgan fingerprint density at radius 1 is 1.17 bits per heavy atom. The molecule has 194 valence electrons. The molecule has 1 aromatic carbocycles. The maximum absolute atomic E-state index is 13.1. The molecule has 0 spiro atoms. The average molecular weight is 551 g/mol. The van der Waals surface area contributed by atoms with Gasteiger partial charge in [0.15, 0.2) is 5.01 Å². The summed E-state index contributed by atoms with van der Waals surface area (Å²) in [5.74, 6) is -0.295. The van der Waals surface area contributed by atoms with Gasteiger partial charge in [0.2, 0.25) is 0 Å². The van der Waals surface area contributed by atoms with Crippen LogP contribution in [0.15, 0.2) is 24.3 Å². The summed E-state index contributed by atoms with van der Waals surface area (Å²) in [7, 11) is 0. The van der Waals surface area contributed by atoms with Crippen LogP contribution in [0.4, 0.5) is 0 Å². The van der Waals surface area contributed by atoms with Crippen LogP contribution in [0, 0.1) is 0 Å². The van der Waals surface area contributed by atoms with Gasteiger partial charge in [-0.05, 0) is 50.1 Å². The van der Waals surface area contributed by atoms with Gasteiger partial charge in [-0.2, -0.15) is 0 Å². The topological polar surface area (TPSA) is 90.1 Å². The molecule has 3 N–H and O–H groups in total. The highest BCUT2D eigenvalue weighted by Crippen LogP contribution is 2.27. The third kappa shape index (κ3) is 6.05. The quantitative estimate of drug-likeness (QED) is 0.371. The summed E-state index contributed by atoms with van der Waals surface area (Å²) in [4.78, 5) is 37.6. The fraction of sp³-hybridized carbons (Fsp3) is 0.500. The van der Waals surface area contributed by atoms with E-state index in [9.17, 15) is 9.59 Å². The van der Waals surface area contributed by atoms with Crippen LogP contribution < -0.4 is 10.6 Å². The normalized spacial score (nSPS) is 19.9. The number of aromatic amines is 1. The summed E-state index contributed by atoms with van der Waals surface area (Å²) in [6.07, 6.45) is 7.02. The number of nitrogens with one attached hydrogen (secondary N) is 3. The summed E-state index contributed by atoms with van der Waals surface area (Å²) in [6, 6.07) is 7.10. The lowest BCUT2D eigenvalue weighted by Gasteiger charge is -2.32. The first-order chi connectivity index (χ1) is 17.0. The van der Waals surface area contributed by atoms with Crippen LogP contribution in [0.5, 0.6) is 0 Å². The van der Waals surface area contributed by atoms with Gasteiger partial charge in [-0.15, -0.1) is 23.7 Å². The molecule has 5 rings (SSSR count). The number of aromatic nitrogens is 2. The van der Waals surface area contributed by atoms with Crippen molar-refractivity contribution in [2.45, 2.75) is 70.5 Å². The zero-order valence-corrected chi connectivity index (χ0v) is 22.8. The number of benzene rings is 1. The largest absolute Gasteiger partial charge is 0.351 e. The van der Waals surface area contributed by atoms with Crippen molar-refractivity contribution in [1.29, 1.82) is 0 Å². The van der Waals surface area contributed by atoms with E-state index < -0.39 is 0 Å². The minimum atomic E-state index is -0.166. The van der Waals surface area contributed by atoms with Crippen molar-refractivity contribution in [1.82, 2.24) is 25.5 Å². The van der Waals surface area contributed by atoms with Crippen LogP contribution in [0.2, 0.25) is 5.02 Å². The smallest absolute Gasteiger partial charge is 0.280 e. The van der Waals surface area contributed by atoms with Crippen molar-refractivity contribution in [2.75, 3.05) is 13.1 Å². The first-order valence-corrected chi connectivity index (χ1v) is 13.8. The van der Waals surface area contributed by atoms with Gasteiger partial charge in [-0.25, -0.2) is 4.98 Å². The van der Waals surface area contributed by atoms with Gasteiger partial charge in [0.25, 0.3) is 11.8 Å². The Kier molecular flexibility index (Phi) is 8.93. The first kappa shape index (κ1) is 26.9. The van der Waals surface area contributed by atoms with Crippen LogP contribution in [-0.2, 0) is 13.0 Å². The number of carbonyl (C=O) groups excluding carboxylic acids is 2. The molecule has 10 heteroatoms. The molecule has 1 saturated carbocycles. The van der Waals surface area contributed by atoms with Crippen molar-refractivity contribution in [2.24, 2.45) is 0 Å². The van der Waals surface area contributed by atoms with Gasteiger partial charge in [0, 0.05) is 52.4 Å². The number of amides is 2. The van der Waals surface area contributed by atoms with Gasteiger partial charge in [0.05, 0.1) is 5.69 Å². The second-order valence-electron chi connectivity index (χ2n) is 9.63. The number of fused-ring (bicyclic) bond motifs is 2. The summed E-state index contributed by atoms with van der Waals surface area (Å²) in [6.45, 7) is 5.20. The van der Waals surface area contributed by atoms with Crippen molar-refractivity contribution in [3.63, 3.8) is 0 Å². The fourth-order valence-electron chi connectivity index (χ4n) is 5.10. The van der Waals surface area contributed by atoms with Crippen LogP contribution >= 0.6 is 35.3 Å². The molecule has 2 aromatic heterocycles. The number of carbonyl (C=O) groups is 2. The van der Waals surface area contributed by atoms with Gasteiger partial charge < -0.3 is 15.6 Å². The van der Waals surface area contributed by atoms with E-state index in [1.54, 1.807) is 6.07 Å². The Bertz CT molecular complexity index is 1230. The Morgan fingerprint density at radius 3 is 2.67 bits per heavy atom. The van der Waals surface area contributed by atoms with E-state index in [0.29, 0.717) is 15.7 Å². The van der Waals surface area contributed by atoms with Gasteiger partial charge in [-0.3, -0.25) is 14.5 Å². The zero-order valence-electron chi connectivity index (χ0n) is 20.4. The number of halogens is 2. The molecule has 7 nitrogen and oxygen atoms in total. The van der Waals surface area contributed by atoms with Gasteiger partial charge >= 0.3 is 0 Å². The van der Waals surface area contributed by atoms with E-state index in [1.807, 2.05) is 18.2 Å². The van der Waals surface area contributed by atoms with Crippen molar-refractivity contribution in [3.05, 3.63) is 50.6 Å². The van der Waals surface area contributed by atoms with Crippen LogP contribution in [0.3, 0.4) is 0 Å². The molecule has 1 aliphatic heterocycles. The number of thiazole rings is 1. The summed E-state index contributed by atoms with van der Waals surface area (Å²) in [5, 5.41) is 8.41. The molecule has 1 aliphatic carbocycles.